The fourth-order valence-electron chi connectivity index (χ4n) is 2.28. The van der Waals surface area contributed by atoms with Gasteiger partial charge in [-0.15, -0.1) is 16.4 Å². The first-order valence-electron chi connectivity index (χ1n) is 7.62. The molecule has 0 aliphatic carbocycles. The van der Waals surface area contributed by atoms with Crippen molar-refractivity contribution >= 4 is 23.2 Å². The molecule has 2 heterocycles. The number of tetrazole rings is 1. The Bertz CT molecular complexity index is 886. The molecule has 0 saturated carbocycles. The summed E-state index contributed by atoms with van der Waals surface area (Å²) in [6, 6.07) is 8.50. The van der Waals surface area contributed by atoms with Crippen LogP contribution in [0.25, 0.3) is 5.69 Å². The Balaban J connectivity index is 1.61. The molecule has 0 saturated heterocycles. The second-order valence-electron chi connectivity index (χ2n) is 5.28. The van der Waals surface area contributed by atoms with E-state index in [9.17, 15) is 9.59 Å². The Morgan fingerprint density at radius 2 is 1.88 bits per heavy atom. The van der Waals surface area contributed by atoms with Gasteiger partial charge in [-0.1, -0.05) is 6.92 Å². The largest absolute Gasteiger partial charge is 0.279 e. The third-order valence-electron chi connectivity index (χ3n) is 3.60. The zero-order valence-electron chi connectivity index (χ0n) is 13.7. The van der Waals surface area contributed by atoms with Gasteiger partial charge in [0.15, 0.2) is 0 Å². The SMILES string of the molecule is CCc1sc(C(=O)NNC(=O)c2ccc(-n3cnnn3)cc2)cc1C. The van der Waals surface area contributed by atoms with E-state index in [2.05, 4.69) is 26.4 Å². The van der Waals surface area contributed by atoms with Crippen LogP contribution in [0.4, 0.5) is 0 Å². The lowest BCUT2D eigenvalue weighted by Crippen LogP contribution is -2.41. The van der Waals surface area contributed by atoms with Crippen LogP contribution >= 0.6 is 11.3 Å². The number of carbonyl (C=O) groups excluding carboxylic acids is 2. The van der Waals surface area contributed by atoms with Gasteiger partial charge in [0, 0.05) is 10.4 Å². The smallest absolute Gasteiger partial charge is 0.267 e. The van der Waals surface area contributed by atoms with Crippen molar-refractivity contribution < 1.29 is 9.59 Å². The minimum absolute atomic E-state index is 0.327. The Morgan fingerprint density at radius 1 is 1.16 bits per heavy atom. The Morgan fingerprint density at radius 3 is 2.48 bits per heavy atom. The number of benzene rings is 1. The molecule has 0 atom stereocenters. The Hall–Kier alpha value is -3.07. The quantitative estimate of drug-likeness (QED) is 0.693. The van der Waals surface area contributed by atoms with Crippen LogP contribution < -0.4 is 10.9 Å². The van der Waals surface area contributed by atoms with E-state index in [1.54, 1.807) is 24.3 Å². The summed E-state index contributed by atoms with van der Waals surface area (Å²) < 4.78 is 1.48. The number of nitrogens with zero attached hydrogens (tertiary/aromatic N) is 4. The van der Waals surface area contributed by atoms with E-state index in [0.717, 1.165) is 22.5 Å². The van der Waals surface area contributed by atoms with Crippen molar-refractivity contribution in [2.75, 3.05) is 0 Å². The number of aromatic nitrogens is 4. The molecule has 128 valence electrons. The summed E-state index contributed by atoms with van der Waals surface area (Å²) in [6.07, 6.45) is 2.34. The molecule has 0 bridgehead atoms. The minimum atomic E-state index is -0.402. The summed E-state index contributed by atoms with van der Waals surface area (Å²) >= 11 is 1.43. The molecule has 0 aliphatic heterocycles. The molecule has 2 amide bonds. The highest BCUT2D eigenvalue weighted by Crippen LogP contribution is 2.22. The fraction of sp³-hybridized carbons (Fsp3) is 0.188. The molecular formula is C16H16N6O2S. The number of nitrogens with one attached hydrogen (secondary N) is 2. The minimum Gasteiger partial charge on any atom is -0.267 e. The van der Waals surface area contributed by atoms with Gasteiger partial charge in [-0.3, -0.25) is 20.4 Å². The van der Waals surface area contributed by atoms with E-state index >= 15 is 0 Å². The monoisotopic (exact) mass is 356 g/mol. The first kappa shape index (κ1) is 16.8. The van der Waals surface area contributed by atoms with E-state index < -0.39 is 5.91 Å². The van der Waals surface area contributed by atoms with Crippen molar-refractivity contribution in [1.82, 2.24) is 31.1 Å². The molecule has 0 unspecified atom stereocenters. The normalized spacial score (nSPS) is 10.5. The van der Waals surface area contributed by atoms with Crippen LogP contribution in [-0.2, 0) is 6.42 Å². The van der Waals surface area contributed by atoms with E-state index in [0.29, 0.717) is 10.4 Å². The van der Waals surface area contributed by atoms with Crippen LogP contribution in [-0.4, -0.2) is 32.0 Å². The maximum absolute atomic E-state index is 12.1. The zero-order valence-corrected chi connectivity index (χ0v) is 14.5. The molecule has 3 rings (SSSR count). The lowest BCUT2D eigenvalue weighted by atomic mass is 10.2. The van der Waals surface area contributed by atoms with Crippen molar-refractivity contribution in [3.8, 4) is 5.69 Å². The lowest BCUT2D eigenvalue weighted by molar-refractivity contribution is 0.0849. The van der Waals surface area contributed by atoms with Gasteiger partial charge in [0.1, 0.15) is 6.33 Å². The van der Waals surface area contributed by atoms with Gasteiger partial charge < -0.3 is 0 Å². The Labute approximate surface area is 147 Å². The number of rotatable bonds is 4. The second kappa shape index (κ2) is 7.22. The van der Waals surface area contributed by atoms with Gasteiger partial charge in [0.25, 0.3) is 11.8 Å². The zero-order chi connectivity index (χ0) is 17.8. The summed E-state index contributed by atoms with van der Waals surface area (Å²) in [4.78, 5) is 26.0. The van der Waals surface area contributed by atoms with Crippen molar-refractivity contribution in [3.63, 3.8) is 0 Å². The van der Waals surface area contributed by atoms with E-state index in [-0.39, 0.29) is 5.91 Å². The van der Waals surface area contributed by atoms with Crippen LogP contribution in [0.2, 0.25) is 0 Å². The number of hydrogen-bond donors (Lipinski definition) is 2. The first-order valence-corrected chi connectivity index (χ1v) is 8.43. The highest BCUT2D eigenvalue weighted by molar-refractivity contribution is 7.14. The summed E-state index contributed by atoms with van der Waals surface area (Å²) in [5, 5.41) is 10.9. The van der Waals surface area contributed by atoms with Crippen molar-refractivity contribution in [2.45, 2.75) is 20.3 Å². The molecule has 0 fully saturated rings. The predicted molar refractivity (Wildman–Crippen MR) is 92.5 cm³/mol. The summed E-state index contributed by atoms with van der Waals surface area (Å²) in [6.45, 7) is 4.01. The van der Waals surface area contributed by atoms with Crippen LogP contribution in [0, 0.1) is 6.92 Å². The van der Waals surface area contributed by atoms with Gasteiger partial charge >= 0.3 is 0 Å². The van der Waals surface area contributed by atoms with Gasteiger partial charge in [-0.25, -0.2) is 4.68 Å². The number of carbonyl (C=O) groups is 2. The summed E-state index contributed by atoms with van der Waals surface area (Å²) in [5.41, 5.74) is 7.08. The Kier molecular flexibility index (Phi) is 4.85. The highest BCUT2D eigenvalue weighted by Gasteiger charge is 2.13. The first-order chi connectivity index (χ1) is 12.1. The molecule has 25 heavy (non-hydrogen) atoms. The van der Waals surface area contributed by atoms with E-state index in [4.69, 9.17) is 0 Å². The van der Waals surface area contributed by atoms with Gasteiger partial charge in [0.2, 0.25) is 0 Å². The number of amides is 2. The van der Waals surface area contributed by atoms with E-state index in [1.165, 1.54) is 22.3 Å². The third kappa shape index (κ3) is 3.72. The standard InChI is InChI=1S/C16H16N6O2S/c1-3-13-10(2)8-14(25-13)16(24)19-18-15(23)11-4-6-12(7-5-11)22-9-17-20-21-22/h4-9H,3H2,1-2H3,(H,18,23)(H,19,24). The van der Waals surface area contributed by atoms with E-state index in [1.807, 2.05) is 19.9 Å². The average Bonchev–Trinajstić information content (AvgIpc) is 3.29. The van der Waals surface area contributed by atoms with Crippen LogP contribution in [0.1, 0.15) is 37.4 Å². The molecule has 1 aromatic carbocycles. The maximum atomic E-state index is 12.1. The van der Waals surface area contributed by atoms with Crippen LogP contribution in [0.3, 0.4) is 0 Å². The van der Waals surface area contributed by atoms with Crippen molar-refractivity contribution in [3.05, 3.63) is 57.5 Å². The van der Waals surface area contributed by atoms with Crippen LogP contribution in [0.15, 0.2) is 36.7 Å². The number of aryl methyl sites for hydroxylation is 2. The van der Waals surface area contributed by atoms with Crippen LogP contribution in [0.5, 0.6) is 0 Å². The fourth-order valence-corrected chi connectivity index (χ4v) is 3.28. The third-order valence-corrected chi connectivity index (χ3v) is 4.98. The van der Waals surface area contributed by atoms with Crippen molar-refractivity contribution in [2.24, 2.45) is 0 Å². The average molecular weight is 356 g/mol. The highest BCUT2D eigenvalue weighted by atomic mass is 32.1. The number of hydrazine groups is 1. The molecule has 8 nitrogen and oxygen atoms in total. The topological polar surface area (TPSA) is 102 Å². The molecular weight excluding hydrogens is 340 g/mol. The predicted octanol–water partition coefficient (Wildman–Crippen LogP) is 1.67. The molecule has 2 aromatic heterocycles. The summed E-state index contributed by atoms with van der Waals surface area (Å²) in [7, 11) is 0. The number of hydrogen-bond acceptors (Lipinski definition) is 6. The summed E-state index contributed by atoms with van der Waals surface area (Å²) in [5.74, 6) is -0.730. The maximum Gasteiger partial charge on any atom is 0.279 e. The lowest BCUT2D eigenvalue weighted by Gasteiger charge is -2.07. The second-order valence-corrected chi connectivity index (χ2v) is 6.42. The molecule has 3 aromatic rings. The number of thiophene rings is 1. The van der Waals surface area contributed by atoms with Gasteiger partial charge in [-0.05, 0) is 59.7 Å². The van der Waals surface area contributed by atoms with Crippen molar-refractivity contribution in [1.29, 1.82) is 0 Å². The molecule has 2 N–H and O–H groups in total. The molecule has 9 heteroatoms. The molecule has 0 radical (unpaired) electrons. The molecule has 0 spiro atoms. The molecule has 0 aliphatic rings. The van der Waals surface area contributed by atoms with Gasteiger partial charge in [0.05, 0.1) is 10.6 Å². The van der Waals surface area contributed by atoms with Gasteiger partial charge in [-0.2, -0.15) is 0 Å².